The van der Waals surface area contributed by atoms with Crippen LogP contribution in [0.15, 0.2) is 85.1 Å². The number of amides is 1. The average molecular weight is 1310 g/mol. The van der Waals surface area contributed by atoms with Crippen LogP contribution in [0.2, 0.25) is 0 Å². The van der Waals surface area contributed by atoms with E-state index in [0.717, 1.165) is 83.5 Å². The van der Waals surface area contributed by atoms with Crippen molar-refractivity contribution in [2.75, 3.05) is 26.4 Å². The van der Waals surface area contributed by atoms with Crippen LogP contribution < -0.4 is 5.32 Å². The molecule has 0 aromatic heterocycles. The summed E-state index contributed by atoms with van der Waals surface area (Å²) in [6.07, 6.45) is 42.7. The molecule has 0 aliphatic carbocycles. The molecule has 92 heavy (non-hydrogen) atoms. The summed E-state index contributed by atoms with van der Waals surface area (Å²) < 4.78 is 34.3. The minimum Gasteiger partial charge on any atom is -0.394 e. The second-order valence-electron chi connectivity index (χ2n) is 25.3. The predicted molar refractivity (Wildman–Crippen MR) is 360 cm³/mol. The van der Waals surface area contributed by atoms with Gasteiger partial charge in [-0.3, -0.25) is 4.79 Å². The summed E-state index contributed by atoms with van der Waals surface area (Å²) in [5.41, 5.74) is 0. The average Bonchev–Trinajstić information content (AvgIpc) is 0.838. The highest BCUT2D eigenvalue weighted by Crippen LogP contribution is 2.33. The smallest absolute Gasteiger partial charge is 0.220 e. The topological polar surface area (TPSA) is 307 Å². The van der Waals surface area contributed by atoms with Gasteiger partial charge in [0.2, 0.25) is 5.91 Å². The monoisotopic (exact) mass is 1310 g/mol. The van der Waals surface area contributed by atoms with E-state index in [2.05, 4.69) is 92.1 Å². The molecule has 0 aromatic rings. The molecule has 0 bridgehead atoms. The van der Waals surface area contributed by atoms with E-state index in [0.29, 0.717) is 12.8 Å². The van der Waals surface area contributed by atoms with Crippen LogP contribution in [0.4, 0.5) is 0 Å². The van der Waals surface area contributed by atoms with Crippen LogP contribution in [0.1, 0.15) is 239 Å². The number of aliphatic hydroxyl groups excluding tert-OH is 11. The first kappa shape index (κ1) is 83.2. The molecule has 3 aliphatic heterocycles. The fourth-order valence-electron chi connectivity index (χ4n) is 11.6. The van der Waals surface area contributed by atoms with Crippen molar-refractivity contribution in [2.45, 2.75) is 343 Å². The van der Waals surface area contributed by atoms with E-state index in [1.54, 1.807) is 6.08 Å². The normalized spacial score (nSPS) is 28.2. The van der Waals surface area contributed by atoms with E-state index in [-0.39, 0.29) is 18.9 Å². The van der Waals surface area contributed by atoms with Gasteiger partial charge in [0.1, 0.15) is 73.2 Å². The van der Waals surface area contributed by atoms with Gasteiger partial charge >= 0.3 is 0 Å². The summed E-state index contributed by atoms with van der Waals surface area (Å²) in [6, 6.07) is -1.00. The molecule has 17 atom stereocenters. The van der Waals surface area contributed by atoms with E-state index in [1.165, 1.54) is 122 Å². The number of hydrogen-bond donors (Lipinski definition) is 12. The molecular weight excluding hydrogens is 1180 g/mol. The predicted octanol–water partition coefficient (Wildman–Crippen LogP) is 9.88. The zero-order chi connectivity index (χ0) is 66.8. The number of carbonyl (C=O) groups excluding carboxylic acids is 1. The minimum atomic E-state index is -1.99. The Morgan fingerprint density at radius 3 is 1.22 bits per heavy atom. The summed E-state index contributed by atoms with van der Waals surface area (Å²) >= 11 is 0. The van der Waals surface area contributed by atoms with Crippen LogP contribution in [-0.4, -0.2) is 193 Å². The van der Waals surface area contributed by atoms with Crippen LogP contribution in [0.5, 0.6) is 0 Å². The van der Waals surface area contributed by atoms with Crippen LogP contribution >= 0.6 is 0 Å². The highest BCUT2D eigenvalue weighted by atomic mass is 16.8. The Kier molecular flexibility index (Phi) is 48.9. The fourth-order valence-corrected chi connectivity index (χ4v) is 11.6. The summed E-state index contributed by atoms with van der Waals surface area (Å²) in [7, 11) is 0. The third-order valence-corrected chi connectivity index (χ3v) is 17.4. The molecule has 19 nitrogen and oxygen atoms in total. The van der Waals surface area contributed by atoms with Crippen molar-refractivity contribution in [1.82, 2.24) is 5.32 Å². The fraction of sp³-hybridized carbons (Fsp3) is 0.795. The molecule has 3 aliphatic rings. The highest BCUT2D eigenvalue weighted by molar-refractivity contribution is 5.76. The molecule has 0 saturated carbocycles. The first-order valence-corrected chi connectivity index (χ1v) is 35.8. The maximum atomic E-state index is 13.4. The molecule has 3 rings (SSSR count). The van der Waals surface area contributed by atoms with Gasteiger partial charge in [-0.1, -0.05) is 234 Å². The van der Waals surface area contributed by atoms with Crippen LogP contribution in [0.3, 0.4) is 0 Å². The van der Waals surface area contributed by atoms with Crippen LogP contribution in [-0.2, 0) is 33.2 Å². The molecule has 17 unspecified atom stereocenters. The Labute approximate surface area is 552 Å². The lowest BCUT2D eigenvalue weighted by Crippen LogP contribution is -2.66. The maximum absolute atomic E-state index is 13.4. The second kappa shape index (κ2) is 54.0. The standard InChI is InChI=1S/C73H127NO18/c1-3-5-7-9-11-13-15-17-19-21-23-25-27-29-30-32-34-36-38-40-42-44-46-48-50-57(78)56(74-61(79)51-49-47-45-43-41-39-37-35-33-31-28-26-24-22-20-18-16-14-12-10-8-6-4-2)55-87-71-67(85)64(82)69(59(53-76)89-71)92-73-68(86)65(83)70(60(54-77)90-73)91-72-66(84)63(81)62(80)58(52-75)88-72/h6,8,12,14,18,20,24,26,32,34,40,42,48,50,56-60,62-73,75-78,80-86H,3-5,7,9-11,13,15-17,19,21-23,25,27-31,33,35-39,41,43-47,49,51-55H2,1-2H3,(H,74,79)/b8-6-,14-12-,20-18-,26-24-,34-32+,42-40+,50-48+. The van der Waals surface area contributed by atoms with Crippen molar-refractivity contribution < 1.29 is 89.4 Å². The molecule has 532 valence electrons. The van der Waals surface area contributed by atoms with Gasteiger partial charge in [-0.25, -0.2) is 0 Å². The Hall–Kier alpha value is -3.03. The van der Waals surface area contributed by atoms with E-state index in [9.17, 15) is 61.0 Å². The summed E-state index contributed by atoms with van der Waals surface area (Å²) in [4.78, 5) is 13.4. The van der Waals surface area contributed by atoms with Gasteiger partial charge in [-0.2, -0.15) is 0 Å². The van der Waals surface area contributed by atoms with E-state index < -0.39 is 124 Å². The number of aliphatic hydroxyl groups is 11. The van der Waals surface area contributed by atoms with Gasteiger partial charge in [0, 0.05) is 6.42 Å². The summed E-state index contributed by atoms with van der Waals surface area (Å²) in [6.45, 7) is 1.60. The Morgan fingerprint density at radius 1 is 0.402 bits per heavy atom. The van der Waals surface area contributed by atoms with E-state index in [4.69, 9.17) is 28.4 Å². The van der Waals surface area contributed by atoms with Crippen molar-refractivity contribution in [3.8, 4) is 0 Å². The molecule has 3 fully saturated rings. The molecule has 3 saturated heterocycles. The molecule has 12 N–H and O–H groups in total. The number of allylic oxidation sites excluding steroid dienone is 13. The zero-order valence-electron chi connectivity index (χ0n) is 56.3. The lowest BCUT2D eigenvalue weighted by molar-refractivity contribution is -0.379. The van der Waals surface area contributed by atoms with Crippen molar-refractivity contribution >= 4 is 5.91 Å². The minimum absolute atomic E-state index is 0.222. The van der Waals surface area contributed by atoms with Crippen LogP contribution in [0, 0.1) is 0 Å². The van der Waals surface area contributed by atoms with Crippen molar-refractivity contribution in [1.29, 1.82) is 0 Å². The first-order chi connectivity index (χ1) is 44.8. The number of rotatable bonds is 54. The molecular formula is C73H127NO18. The largest absolute Gasteiger partial charge is 0.394 e. The molecule has 19 heteroatoms. The van der Waals surface area contributed by atoms with E-state index in [1.807, 2.05) is 6.08 Å². The van der Waals surface area contributed by atoms with Crippen molar-refractivity contribution in [2.24, 2.45) is 0 Å². The maximum Gasteiger partial charge on any atom is 0.220 e. The Morgan fingerprint density at radius 2 is 0.761 bits per heavy atom. The Bertz CT molecular complexity index is 2000. The molecule has 3 heterocycles. The number of nitrogens with one attached hydrogen (secondary N) is 1. The molecule has 1 amide bonds. The zero-order valence-corrected chi connectivity index (χ0v) is 56.3. The van der Waals surface area contributed by atoms with Gasteiger partial charge in [-0.05, 0) is 83.5 Å². The van der Waals surface area contributed by atoms with Gasteiger partial charge in [0.05, 0.1) is 38.6 Å². The quantitative estimate of drug-likeness (QED) is 0.0199. The number of unbranched alkanes of at least 4 members (excludes halogenated alkanes) is 26. The first-order valence-electron chi connectivity index (χ1n) is 35.8. The highest BCUT2D eigenvalue weighted by Gasteiger charge is 2.53. The summed E-state index contributed by atoms with van der Waals surface area (Å²) in [5, 5.41) is 121. The third kappa shape index (κ3) is 35.3. The molecule has 0 aromatic carbocycles. The molecule has 0 spiro atoms. The number of ether oxygens (including phenoxy) is 6. The number of carbonyl (C=O) groups is 1. The van der Waals surface area contributed by atoms with E-state index >= 15 is 0 Å². The number of hydrogen-bond acceptors (Lipinski definition) is 18. The van der Waals surface area contributed by atoms with Crippen LogP contribution in [0.25, 0.3) is 0 Å². The van der Waals surface area contributed by atoms with Crippen molar-refractivity contribution in [3.05, 3.63) is 85.1 Å². The third-order valence-electron chi connectivity index (χ3n) is 17.4. The lowest BCUT2D eigenvalue weighted by atomic mass is 9.96. The molecule has 0 radical (unpaired) electrons. The van der Waals surface area contributed by atoms with Gasteiger partial charge in [-0.15, -0.1) is 0 Å². The SMILES string of the molecule is CC/C=C\C/C=C\C/C=C\C/C=C\CCCCCCCCCCCCC(=O)NC(COC1OC(CO)C(OC2OC(CO)C(OC3OC(CO)C(O)C(O)C3O)C(O)C2O)C(O)C1O)C(O)/C=C/CC/C=C/CC/C=C/CCCCCCCCCCCCCCCC. The van der Waals surface area contributed by atoms with Gasteiger partial charge in [0.25, 0.3) is 0 Å². The Balaban J connectivity index is 1.45. The lowest BCUT2D eigenvalue weighted by Gasteiger charge is -2.48. The summed E-state index contributed by atoms with van der Waals surface area (Å²) in [5.74, 6) is -0.296. The van der Waals surface area contributed by atoms with Gasteiger partial charge < -0.3 is 89.9 Å². The second-order valence-corrected chi connectivity index (χ2v) is 25.3. The van der Waals surface area contributed by atoms with Gasteiger partial charge in [0.15, 0.2) is 18.9 Å². The van der Waals surface area contributed by atoms with Crippen molar-refractivity contribution in [3.63, 3.8) is 0 Å².